The van der Waals surface area contributed by atoms with E-state index in [-0.39, 0.29) is 11.5 Å². The molecule has 1 heteroatoms. The van der Waals surface area contributed by atoms with Crippen molar-refractivity contribution in [3.63, 3.8) is 0 Å². The van der Waals surface area contributed by atoms with Crippen molar-refractivity contribution in [2.45, 2.75) is 133 Å². The summed E-state index contributed by atoms with van der Waals surface area (Å²) >= 11 is 0. The van der Waals surface area contributed by atoms with E-state index in [1.54, 1.807) is 11.1 Å². The van der Waals surface area contributed by atoms with E-state index in [2.05, 4.69) is 130 Å². The zero-order valence-electron chi connectivity index (χ0n) is 28.3. The van der Waals surface area contributed by atoms with Crippen LogP contribution in [0.4, 0.5) is 0 Å². The predicted octanol–water partition coefficient (Wildman–Crippen LogP) is 12.0. The summed E-state index contributed by atoms with van der Waals surface area (Å²) in [6, 6.07) is 0. The lowest BCUT2D eigenvalue weighted by Crippen LogP contribution is -2.38. The maximum atomic E-state index is 10.2. The van der Waals surface area contributed by atoms with E-state index in [1.165, 1.54) is 41.6 Å². The largest absolute Gasteiger partial charge is 0.393 e. The molecule has 0 amide bonds. The van der Waals surface area contributed by atoms with E-state index < -0.39 is 0 Å². The average molecular weight is 559 g/mol. The Kier molecular flexibility index (Phi) is 14.1. The fraction of sp³-hybridized carbons (Fsp3) is 0.600. The summed E-state index contributed by atoms with van der Waals surface area (Å²) in [4.78, 5) is 0. The third-order valence-electron chi connectivity index (χ3n) is 9.43. The first kappa shape index (κ1) is 35.1. The van der Waals surface area contributed by atoms with E-state index in [1.807, 2.05) is 0 Å². The van der Waals surface area contributed by atoms with Crippen molar-refractivity contribution < 1.29 is 5.11 Å². The summed E-state index contributed by atoms with van der Waals surface area (Å²) in [5, 5.41) is 10.2. The van der Waals surface area contributed by atoms with Crippen molar-refractivity contribution in [3.8, 4) is 0 Å². The topological polar surface area (TPSA) is 20.2 Å². The molecular formula is C40H62O. The molecule has 1 N–H and O–H groups in total. The molecule has 0 heterocycles. The van der Waals surface area contributed by atoms with Gasteiger partial charge in [-0.3, -0.25) is 0 Å². The highest BCUT2D eigenvalue weighted by molar-refractivity contribution is 5.36. The van der Waals surface area contributed by atoms with Crippen LogP contribution in [0.1, 0.15) is 127 Å². The molecule has 2 aliphatic carbocycles. The van der Waals surface area contributed by atoms with E-state index in [4.69, 9.17) is 0 Å². The van der Waals surface area contributed by atoms with Gasteiger partial charge in [-0.15, -0.1) is 0 Å². The number of aliphatic hydroxyl groups is 1. The van der Waals surface area contributed by atoms with Gasteiger partial charge in [0.05, 0.1) is 6.10 Å². The molecule has 0 spiro atoms. The maximum absolute atomic E-state index is 10.2. The molecule has 0 radical (unpaired) electrons. The fourth-order valence-corrected chi connectivity index (χ4v) is 6.90. The van der Waals surface area contributed by atoms with Gasteiger partial charge in [-0.1, -0.05) is 123 Å². The SMILES string of the molecule is CC1=C(/C=C\C(C)=C\CC/C(C)=C/C=C/C=C(\C)CC/C=C(C)/C=C\[C@H]2[C@@H](C)C[C@H](O)CC2(C)C)C(C)(C)CCC1. The van der Waals surface area contributed by atoms with E-state index >= 15 is 0 Å². The number of allylic oxidation sites excluding steroid dienone is 16. The Morgan fingerprint density at radius 1 is 0.878 bits per heavy atom. The second-order valence-electron chi connectivity index (χ2n) is 14.6. The molecule has 0 aliphatic heterocycles. The van der Waals surface area contributed by atoms with Gasteiger partial charge in [-0.05, 0) is 121 Å². The lowest BCUT2D eigenvalue weighted by molar-refractivity contribution is 0.00771. The Balaban J connectivity index is 1.76. The van der Waals surface area contributed by atoms with Gasteiger partial charge in [0.2, 0.25) is 0 Å². The van der Waals surface area contributed by atoms with Gasteiger partial charge in [-0.2, -0.15) is 0 Å². The second kappa shape index (κ2) is 16.5. The summed E-state index contributed by atoms with van der Waals surface area (Å²) in [5.74, 6) is 1.05. The van der Waals surface area contributed by atoms with Crippen molar-refractivity contribution in [2.75, 3.05) is 0 Å². The van der Waals surface area contributed by atoms with Crippen molar-refractivity contribution in [1.29, 1.82) is 0 Å². The molecule has 0 bridgehead atoms. The van der Waals surface area contributed by atoms with Crippen LogP contribution >= 0.6 is 0 Å². The number of hydrogen-bond donors (Lipinski definition) is 1. The molecule has 1 fully saturated rings. The van der Waals surface area contributed by atoms with Gasteiger partial charge in [0.25, 0.3) is 0 Å². The highest BCUT2D eigenvalue weighted by Crippen LogP contribution is 2.45. The third kappa shape index (κ3) is 12.3. The summed E-state index contributed by atoms with van der Waals surface area (Å²) < 4.78 is 0. The van der Waals surface area contributed by atoms with Crippen molar-refractivity contribution in [1.82, 2.24) is 0 Å². The smallest absolute Gasteiger partial charge is 0.0548 e. The average Bonchev–Trinajstić information content (AvgIpc) is 2.84. The summed E-state index contributed by atoms with van der Waals surface area (Å²) in [7, 11) is 0. The van der Waals surface area contributed by atoms with Gasteiger partial charge in [0.15, 0.2) is 0 Å². The summed E-state index contributed by atoms with van der Waals surface area (Å²) in [6.45, 7) is 22.9. The van der Waals surface area contributed by atoms with Gasteiger partial charge in [-0.25, -0.2) is 0 Å². The molecule has 0 aromatic rings. The van der Waals surface area contributed by atoms with Crippen LogP contribution in [0.25, 0.3) is 0 Å². The quantitative estimate of drug-likeness (QED) is 0.236. The lowest BCUT2D eigenvalue weighted by atomic mass is 9.63. The highest BCUT2D eigenvalue weighted by atomic mass is 16.3. The monoisotopic (exact) mass is 558 g/mol. The van der Waals surface area contributed by atoms with Crippen LogP contribution in [0, 0.1) is 22.7 Å². The van der Waals surface area contributed by atoms with Crippen molar-refractivity contribution >= 4 is 0 Å². The van der Waals surface area contributed by atoms with E-state index in [0.717, 1.165) is 38.5 Å². The van der Waals surface area contributed by atoms with Gasteiger partial charge >= 0.3 is 0 Å². The number of rotatable bonds is 12. The highest BCUT2D eigenvalue weighted by Gasteiger charge is 2.38. The van der Waals surface area contributed by atoms with Crippen LogP contribution in [0.15, 0.2) is 94.2 Å². The zero-order valence-corrected chi connectivity index (χ0v) is 28.3. The van der Waals surface area contributed by atoms with Crippen molar-refractivity contribution in [3.05, 3.63) is 94.2 Å². The molecule has 1 saturated carbocycles. The Hall–Kier alpha value is -2.12. The number of aliphatic hydroxyl groups excluding tert-OH is 1. The molecule has 0 saturated heterocycles. The minimum absolute atomic E-state index is 0.148. The molecule has 2 rings (SSSR count). The minimum Gasteiger partial charge on any atom is -0.393 e. The molecule has 0 unspecified atom stereocenters. The minimum atomic E-state index is -0.148. The second-order valence-corrected chi connectivity index (χ2v) is 14.6. The van der Waals surface area contributed by atoms with E-state index in [9.17, 15) is 5.11 Å². The molecule has 228 valence electrons. The normalized spacial score (nSPS) is 26.7. The molecule has 3 atom stereocenters. The Labute approximate surface area is 254 Å². The van der Waals surface area contributed by atoms with Gasteiger partial charge < -0.3 is 5.11 Å². The van der Waals surface area contributed by atoms with Crippen LogP contribution in [-0.2, 0) is 0 Å². The van der Waals surface area contributed by atoms with Gasteiger partial charge in [0, 0.05) is 0 Å². The lowest BCUT2D eigenvalue weighted by Gasteiger charge is -2.43. The molecule has 41 heavy (non-hydrogen) atoms. The van der Waals surface area contributed by atoms with Crippen LogP contribution in [0.2, 0.25) is 0 Å². The Morgan fingerprint density at radius 2 is 1.44 bits per heavy atom. The van der Waals surface area contributed by atoms with E-state index in [0.29, 0.717) is 17.3 Å². The van der Waals surface area contributed by atoms with Crippen LogP contribution < -0.4 is 0 Å². The number of hydrogen-bond acceptors (Lipinski definition) is 1. The molecule has 0 aromatic carbocycles. The standard InChI is InChI=1S/C40H62O/c1-30(18-13-20-32(3)23-25-37-34(5)22-15-27-39(37,7)8)16-11-12-17-31(2)19-14-21-33(4)24-26-38-35(6)28-36(41)29-40(38,9)10/h11-12,16-17,20-21,23-26,35-36,38,41H,13-15,18-19,22,27-29H2,1-10H3/b12-11+,25-23-,26-24-,30-16+,31-17+,32-20+,33-21+/t35-,36-,38-/m0/s1. The molecule has 2 aliphatic rings. The van der Waals surface area contributed by atoms with Crippen LogP contribution in [-0.4, -0.2) is 11.2 Å². The Bertz CT molecular complexity index is 1090. The first-order valence-electron chi connectivity index (χ1n) is 16.3. The Morgan fingerprint density at radius 3 is 1.98 bits per heavy atom. The summed E-state index contributed by atoms with van der Waals surface area (Å²) in [6.07, 6.45) is 32.8. The van der Waals surface area contributed by atoms with Crippen LogP contribution in [0.5, 0.6) is 0 Å². The maximum Gasteiger partial charge on any atom is 0.0548 e. The fourth-order valence-electron chi connectivity index (χ4n) is 6.90. The van der Waals surface area contributed by atoms with Gasteiger partial charge in [0.1, 0.15) is 0 Å². The first-order valence-corrected chi connectivity index (χ1v) is 16.3. The molecular weight excluding hydrogens is 496 g/mol. The molecule has 0 aromatic heterocycles. The molecule has 1 nitrogen and oxygen atoms in total. The predicted molar refractivity (Wildman–Crippen MR) is 183 cm³/mol. The third-order valence-corrected chi connectivity index (χ3v) is 9.43. The van der Waals surface area contributed by atoms with Crippen LogP contribution in [0.3, 0.4) is 0 Å². The zero-order chi connectivity index (χ0) is 30.6. The van der Waals surface area contributed by atoms with Crippen molar-refractivity contribution in [2.24, 2.45) is 22.7 Å². The first-order chi connectivity index (χ1) is 19.2. The summed E-state index contributed by atoms with van der Waals surface area (Å²) in [5.41, 5.74) is 9.10.